The van der Waals surface area contributed by atoms with Gasteiger partial charge in [-0.2, -0.15) is 0 Å². The summed E-state index contributed by atoms with van der Waals surface area (Å²) in [4.78, 5) is 13.0. The first-order chi connectivity index (χ1) is 6.90. The van der Waals surface area contributed by atoms with E-state index < -0.39 is 5.97 Å². The molecule has 0 amide bonds. The van der Waals surface area contributed by atoms with E-state index in [-0.39, 0.29) is 6.54 Å². The Balaban J connectivity index is 2.66. The van der Waals surface area contributed by atoms with Gasteiger partial charge >= 0.3 is 5.97 Å². The van der Waals surface area contributed by atoms with E-state index in [1.165, 1.54) is 12.8 Å². The zero-order valence-electron chi connectivity index (χ0n) is 10.3. The number of hydrogen-bond donors (Lipinski definition) is 1. The molecule has 0 radical (unpaired) electrons. The molecule has 1 saturated carbocycles. The lowest BCUT2D eigenvalue weighted by atomic mass is 9.97. The molecule has 1 fully saturated rings. The van der Waals surface area contributed by atoms with Gasteiger partial charge in [0.2, 0.25) is 0 Å². The highest BCUT2D eigenvalue weighted by atomic mass is 16.4. The average Bonchev–Trinajstić information content (AvgIpc) is 2.91. The second-order valence-electron chi connectivity index (χ2n) is 5.15. The van der Waals surface area contributed by atoms with Crippen LogP contribution in [0.4, 0.5) is 0 Å². The van der Waals surface area contributed by atoms with E-state index >= 15 is 0 Å². The minimum absolute atomic E-state index is 0.172. The fraction of sp³-hybridized carbons (Fsp3) is 0.917. The molecule has 0 aromatic rings. The van der Waals surface area contributed by atoms with Gasteiger partial charge in [-0.05, 0) is 38.5 Å². The van der Waals surface area contributed by atoms with Gasteiger partial charge in [-0.25, -0.2) is 0 Å². The van der Waals surface area contributed by atoms with Crippen LogP contribution in [0.2, 0.25) is 0 Å². The van der Waals surface area contributed by atoms with Crippen LogP contribution in [-0.2, 0) is 4.79 Å². The normalized spacial score (nSPS) is 22.5. The molecule has 1 aliphatic rings. The van der Waals surface area contributed by atoms with Crippen molar-refractivity contribution in [3.8, 4) is 0 Å². The number of carboxylic acid groups (broad SMARTS) is 1. The second kappa shape index (κ2) is 4.52. The quantitative estimate of drug-likeness (QED) is 0.736. The predicted octanol–water partition coefficient (Wildman–Crippen LogP) is 2.36. The summed E-state index contributed by atoms with van der Waals surface area (Å²) in [5, 5.41) is 8.92. The molecule has 0 aromatic heterocycles. The molecule has 0 saturated heterocycles. The van der Waals surface area contributed by atoms with Crippen LogP contribution in [-0.4, -0.2) is 34.6 Å². The Morgan fingerprint density at radius 2 is 2.00 bits per heavy atom. The summed E-state index contributed by atoms with van der Waals surface area (Å²) in [7, 11) is 0. The van der Waals surface area contributed by atoms with Gasteiger partial charge in [0.1, 0.15) is 0 Å². The van der Waals surface area contributed by atoms with Crippen molar-refractivity contribution in [2.24, 2.45) is 5.41 Å². The van der Waals surface area contributed by atoms with E-state index in [1.807, 2.05) is 0 Å². The number of rotatable bonds is 6. The standard InChI is InChI=1S/C12H23NO2/c1-5-9(2)13(8-11(14)15)10(3)12(4)6-7-12/h9-10H,5-8H2,1-4H3,(H,14,15). The minimum atomic E-state index is -0.716. The Morgan fingerprint density at radius 3 is 2.33 bits per heavy atom. The maximum absolute atomic E-state index is 10.8. The monoisotopic (exact) mass is 213 g/mol. The van der Waals surface area contributed by atoms with E-state index in [0.717, 1.165) is 6.42 Å². The van der Waals surface area contributed by atoms with Crippen molar-refractivity contribution >= 4 is 5.97 Å². The zero-order valence-corrected chi connectivity index (χ0v) is 10.3. The van der Waals surface area contributed by atoms with E-state index in [0.29, 0.717) is 17.5 Å². The van der Waals surface area contributed by atoms with Crippen LogP contribution in [0.3, 0.4) is 0 Å². The number of nitrogens with zero attached hydrogens (tertiary/aromatic N) is 1. The Morgan fingerprint density at radius 1 is 1.47 bits per heavy atom. The summed E-state index contributed by atoms with van der Waals surface area (Å²) < 4.78 is 0. The maximum atomic E-state index is 10.8. The highest BCUT2D eigenvalue weighted by Gasteiger charge is 2.45. The summed E-state index contributed by atoms with van der Waals surface area (Å²) in [6, 6.07) is 0.733. The summed E-state index contributed by atoms with van der Waals surface area (Å²) >= 11 is 0. The fourth-order valence-corrected chi connectivity index (χ4v) is 2.08. The van der Waals surface area contributed by atoms with Gasteiger partial charge in [0.05, 0.1) is 6.54 Å². The SMILES string of the molecule is CCC(C)N(CC(=O)O)C(C)C1(C)CC1. The molecule has 1 N–H and O–H groups in total. The van der Waals surface area contributed by atoms with Crippen molar-refractivity contribution in [1.29, 1.82) is 0 Å². The van der Waals surface area contributed by atoms with Gasteiger partial charge < -0.3 is 5.11 Å². The molecular formula is C12H23NO2. The molecule has 1 aliphatic carbocycles. The Bertz CT molecular complexity index is 236. The van der Waals surface area contributed by atoms with Crippen molar-refractivity contribution in [3.63, 3.8) is 0 Å². The molecule has 0 heterocycles. The maximum Gasteiger partial charge on any atom is 0.317 e. The smallest absolute Gasteiger partial charge is 0.317 e. The van der Waals surface area contributed by atoms with Crippen LogP contribution in [0.15, 0.2) is 0 Å². The molecule has 3 heteroatoms. The van der Waals surface area contributed by atoms with E-state index in [2.05, 4.69) is 32.6 Å². The highest BCUT2D eigenvalue weighted by molar-refractivity contribution is 5.69. The molecule has 2 atom stereocenters. The molecular weight excluding hydrogens is 190 g/mol. The van der Waals surface area contributed by atoms with Crippen LogP contribution in [0.5, 0.6) is 0 Å². The fourth-order valence-electron chi connectivity index (χ4n) is 2.08. The Labute approximate surface area is 92.5 Å². The summed E-state index contributed by atoms with van der Waals surface area (Å²) in [5.41, 5.74) is 0.360. The van der Waals surface area contributed by atoms with E-state index in [4.69, 9.17) is 5.11 Å². The van der Waals surface area contributed by atoms with Crippen molar-refractivity contribution in [2.45, 2.75) is 59.0 Å². The van der Waals surface area contributed by atoms with Gasteiger partial charge in [0.25, 0.3) is 0 Å². The number of hydrogen-bond acceptors (Lipinski definition) is 2. The van der Waals surface area contributed by atoms with Crippen LogP contribution < -0.4 is 0 Å². The topological polar surface area (TPSA) is 40.5 Å². The zero-order chi connectivity index (χ0) is 11.6. The van der Waals surface area contributed by atoms with Gasteiger partial charge in [0, 0.05) is 12.1 Å². The lowest BCUT2D eigenvalue weighted by Gasteiger charge is -2.36. The van der Waals surface area contributed by atoms with Gasteiger partial charge in [-0.1, -0.05) is 13.8 Å². The summed E-state index contributed by atoms with van der Waals surface area (Å²) in [6.45, 7) is 8.83. The van der Waals surface area contributed by atoms with Gasteiger partial charge in [-0.15, -0.1) is 0 Å². The molecule has 1 rings (SSSR count). The molecule has 0 aliphatic heterocycles. The van der Waals surface area contributed by atoms with E-state index in [9.17, 15) is 4.79 Å². The Kier molecular flexibility index (Phi) is 3.77. The van der Waals surface area contributed by atoms with Crippen molar-refractivity contribution in [1.82, 2.24) is 4.90 Å². The minimum Gasteiger partial charge on any atom is -0.480 e. The summed E-state index contributed by atoms with van der Waals surface area (Å²) in [6.07, 6.45) is 3.48. The highest BCUT2D eigenvalue weighted by Crippen LogP contribution is 2.50. The van der Waals surface area contributed by atoms with Crippen molar-refractivity contribution in [3.05, 3.63) is 0 Å². The third-order valence-electron chi connectivity index (χ3n) is 4.02. The van der Waals surface area contributed by atoms with Gasteiger partial charge in [-0.3, -0.25) is 9.69 Å². The number of aliphatic carboxylic acids is 1. The molecule has 3 nitrogen and oxygen atoms in total. The third-order valence-corrected chi connectivity index (χ3v) is 4.02. The third kappa shape index (κ3) is 2.94. The van der Waals surface area contributed by atoms with Crippen LogP contribution >= 0.6 is 0 Å². The number of carbonyl (C=O) groups is 1. The van der Waals surface area contributed by atoms with E-state index in [1.54, 1.807) is 0 Å². The number of carboxylic acids is 1. The predicted molar refractivity (Wildman–Crippen MR) is 60.9 cm³/mol. The average molecular weight is 213 g/mol. The molecule has 15 heavy (non-hydrogen) atoms. The first-order valence-electron chi connectivity index (χ1n) is 5.88. The summed E-state index contributed by atoms with van der Waals surface area (Å²) in [5.74, 6) is -0.716. The Hall–Kier alpha value is -0.570. The van der Waals surface area contributed by atoms with Crippen molar-refractivity contribution in [2.75, 3.05) is 6.54 Å². The molecule has 0 bridgehead atoms. The van der Waals surface area contributed by atoms with Crippen LogP contribution in [0.25, 0.3) is 0 Å². The first-order valence-corrected chi connectivity index (χ1v) is 5.88. The van der Waals surface area contributed by atoms with Crippen LogP contribution in [0.1, 0.15) is 47.0 Å². The van der Waals surface area contributed by atoms with Crippen LogP contribution in [0, 0.1) is 5.41 Å². The molecule has 2 unspecified atom stereocenters. The molecule has 88 valence electrons. The van der Waals surface area contributed by atoms with Crippen molar-refractivity contribution < 1.29 is 9.90 Å². The largest absolute Gasteiger partial charge is 0.480 e. The second-order valence-corrected chi connectivity index (χ2v) is 5.15. The molecule has 0 spiro atoms. The first kappa shape index (κ1) is 12.5. The lowest BCUT2D eigenvalue weighted by Crippen LogP contribution is -2.46. The molecule has 0 aromatic carbocycles. The lowest BCUT2D eigenvalue weighted by molar-refractivity contribution is -0.140. The van der Waals surface area contributed by atoms with Gasteiger partial charge in [0.15, 0.2) is 0 Å².